The third-order valence-corrected chi connectivity index (χ3v) is 1.62. The van der Waals surface area contributed by atoms with E-state index in [1.165, 1.54) is 0 Å². The number of nitrogens with zero attached hydrogens (tertiary/aromatic N) is 1. The predicted octanol–water partition coefficient (Wildman–Crippen LogP) is 0.988. The number of aliphatic hydroxyl groups excluding tert-OH is 1. The number of rotatable bonds is 3. The lowest BCUT2D eigenvalue weighted by Crippen LogP contribution is -2.33. The van der Waals surface area contributed by atoms with Gasteiger partial charge in [0.15, 0.2) is 12.2 Å². The molecule has 0 aliphatic carbocycles. The fraction of sp³-hybridized carbons (Fsp3) is 0.571. The predicted molar refractivity (Wildman–Crippen MR) is 40.1 cm³/mol. The van der Waals surface area contributed by atoms with Crippen molar-refractivity contribution >= 4 is 0 Å². The molecule has 0 aromatic carbocycles. The van der Waals surface area contributed by atoms with Crippen LogP contribution in [0, 0.1) is 0 Å². The molecule has 1 heterocycles. The maximum atomic E-state index is 11.9. The van der Waals surface area contributed by atoms with Crippen LogP contribution in [0.25, 0.3) is 0 Å². The van der Waals surface area contributed by atoms with Gasteiger partial charge in [-0.1, -0.05) is 0 Å². The summed E-state index contributed by atoms with van der Waals surface area (Å²) >= 11 is 0. The SMILES string of the molecule is NC(CC(F)(F)F)C(O)c1cnco1. The number of oxazole rings is 1. The highest BCUT2D eigenvalue weighted by Gasteiger charge is 2.34. The summed E-state index contributed by atoms with van der Waals surface area (Å²) in [5, 5.41) is 9.28. The molecule has 0 fully saturated rings. The molecule has 0 amide bonds. The van der Waals surface area contributed by atoms with Crippen LogP contribution < -0.4 is 5.73 Å². The largest absolute Gasteiger partial charge is 0.446 e. The number of halogens is 3. The zero-order valence-electron chi connectivity index (χ0n) is 7.03. The van der Waals surface area contributed by atoms with Crippen LogP contribution in [-0.4, -0.2) is 22.3 Å². The van der Waals surface area contributed by atoms with Crippen LogP contribution in [0.4, 0.5) is 13.2 Å². The Hall–Kier alpha value is -1.08. The van der Waals surface area contributed by atoms with Crippen molar-refractivity contribution in [1.82, 2.24) is 4.98 Å². The van der Waals surface area contributed by atoms with E-state index in [0.29, 0.717) is 0 Å². The van der Waals surface area contributed by atoms with Crippen molar-refractivity contribution in [3.05, 3.63) is 18.4 Å². The highest BCUT2D eigenvalue weighted by atomic mass is 19.4. The molecule has 0 aliphatic rings. The number of aliphatic hydroxyl groups is 1. The highest BCUT2D eigenvalue weighted by molar-refractivity contribution is 4.98. The van der Waals surface area contributed by atoms with Gasteiger partial charge in [-0.05, 0) is 0 Å². The van der Waals surface area contributed by atoms with Crippen LogP contribution in [0.15, 0.2) is 17.0 Å². The van der Waals surface area contributed by atoms with Gasteiger partial charge in [0, 0.05) is 6.04 Å². The molecule has 4 nitrogen and oxygen atoms in total. The smallest absolute Gasteiger partial charge is 0.390 e. The Morgan fingerprint density at radius 2 is 2.21 bits per heavy atom. The summed E-state index contributed by atoms with van der Waals surface area (Å²) in [6, 6.07) is -1.44. The Labute approximate surface area is 77.5 Å². The molecule has 2 atom stereocenters. The first-order valence-corrected chi connectivity index (χ1v) is 3.79. The summed E-state index contributed by atoms with van der Waals surface area (Å²) in [5.74, 6) is -0.0678. The van der Waals surface area contributed by atoms with Crippen molar-refractivity contribution in [1.29, 1.82) is 0 Å². The second-order valence-electron chi connectivity index (χ2n) is 2.83. The molecule has 0 radical (unpaired) electrons. The molecule has 80 valence electrons. The molecule has 3 N–H and O–H groups in total. The lowest BCUT2D eigenvalue weighted by molar-refractivity contribution is -0.144. The number of alkyl halides is 3. The number of aromatic nitrogens is 1. The summed E-state index contributed by atoms with van der Waals surface area (Å²) in [6.45, 7) is 0. The van der Waals surface area contributed by atoms with Gasteiger partial charge in [0.2, 0.25) is 0 Å². The minimum absolute atomic E-state index is 0.0678. The summed E-state index contributed by atoms with van der Waals surface area (Å²) in [4.78, 5) is 3.46. The van der Waals surface area contributed by atoms with Crippen molar-refractivity contribution in [2.75, 3.05) is 0 Å². The van der Waals surface area contributed by atoms with Gasteiger partial charge in [-0.15, -0.1) is 0 Å². The lowest BCUT2D eigenvalue weighted by Gasteiger charge is -2.17. The zero-order chi connectivity index (χ0) is 10.8. The Morgan fingerprint density at radius 3 is 2.64 bits per heavy atom. The average Bonchev–Trinajstić information content (AvgIpc) is 2.51. The van der Waals surface area contributed by atoms with E-state index in [4.69, 9.17) is 5.73 Å². The van der Waals surface area contributed by atoms with Gasteiger partial charge in [-0.25, -0.2) is 4.98 Å². The molecule has 7 heteroatoms. The van der Waals surface area contributed by atoms with Crippen LogP contribution >= 0.6 is 0 Å². The van der Waals surface area contributed by atoms with Crippen molar-refractivity contribution in [3.8, 4) is 0 Å². The van der Waals surface area contributed by atoms with Crippen LogP contribution in [-0.2, 0) is 0 Å². The Balaban J connectivity index is 2.57. The summed E-state index contributed by atoms with van der Waals surface area (Å²) in [5.41, 5.74) is 5.14. The van der Waals surface area contributed by atoms with E-state index >= 15 is 0 Å². The van der Waals surface area contributed by atoms with Crippen molar-refractivity contribution < 1.29 is 22.7 Å². The van der Waals surface area contributed by atoms with Gasteiger partial charge in [0.1, 0.15) is 6.10 Å². The second kappa shape index (κ2) is 3.97. The van der Waals surface area contributed by atoms with E-state index < -0.39 is 24.7 Å². The quantitative estimate of drug-likeness (QED) is 0.780. The van der Waals surface area contributed by atoms with E-state index in [9.17, 15) is 18.3 Å². The lowest BCUT2D eigenvalue weighted by atomic mass is 10.1. The Morgan fingerprint density at radius 1 is 1.57 bits per heavy atom. The monoisotopic (exact) mass is 210 g/mol. The molecular weight excluding hydrogens is 201 g/mol. The fourth-order valence-corrected chi connectivity index (χ4v) is 0.962. The molecule has 14 heavy (non-hydrogen) atoms. The summed E-state index contributed by atoms with van der Waals surface area (Å²) < 4.78 is 40.2. The van der Waals surface area contributed by atoms with Gasteiger partial charge in [-0.3, -0.25) is 0 Å². The van der Waals surface area contributed by atoms with E-state index in [1.54, 1.807) is 0 Å². The van der Waals surface area contributed by atoms with E-state index in [-0.39, 0.29) is 5.76 Å². The molecule has 0 saturated carbocycles. The van der Waals surface area contributed by atoms with Crippen LogP contribution in [0.5, 0.6) is 0 Å². The molecule has 0 bridgehead atoms. The highest BCUT2D eigenvalue weighted by Crippen LogP contribution is 2.26. The van der Waals surface area contributed by atoms with E-state index in [1.807, 2.05) is 0 Å². The van der Waals surface area contributed by atoms with Gasteiger partial charge < -0.3 is 15.3 Å². The molecule has 0 saturated heterocycles. The first kappa shape index (κ1) is 11.0. The molecule has 0 aliphatic heterocycles. The maximum absolute atomic E-state index is 11.9. The van der Waals surface area contributed by atoms with Crippen molar-refractivity contribution in [2.24, 2.45) is 5.73 Å². The number of nitrogens with two attached hydrogens (primary N) is 1. The van der Waals surface area contributed by atoms with Crippen molar-refractivity contribution in [3.63, 3.8) is 0 Å². The minimum atomic E-state index is -4.40. The first-order valence-electron chi connectivity index (χ1n) is 3.79. The molecule has 1 aromatic rings. The third kappa shape index (κ3) is 3.00. The second-order valence-corrected chi connectivity index (χ2v) is 2.83. The van der Waals surface area contributed by atoms with Gasteiger partial charge in [0.25, 0.3) is 0 Å². The normalized spacial score (nSPS) is 16.6. The summed E-state index contributed by atoms with van der Waals surface area (Å²) in [7, 11) is 0. The average molecular weight is 210 g/mol. The van der Waals surface area contributed by atoms with Crippen LogP contribution in [0.2, 0.25) is 0 Å². The molecule has 0 spiro atoms. The minimum Gasteiger partial charge on any atom is -0.446 e. The van der Waals surface area contributed by atoms with Gasteiger partial charge in [0.05, 0.1) is 12.6 Å². The van der Waals surface area contributed by atoms with Crippen LogP contribution in [0.3, 0.4) is 0 Å². The Kier molecular flexibility index (Phi) is 3.12. The zero-order valence-corrected chi connectivity index (χ0v) is 7.03. The number of hydrogen-bond acceptors (Lipinski definition) is 4. The molecular formula is C7H9F3N2O2. The van der Waals surface area contributed by atoms with E-state index in [0.717, 1.165) is 12.6 Å². The summed E-state index contributed by atoms with van der Waals surface area (Å²) in [6.07, 6.45) is -5.02. The van der Waals surface area contributed by atoms with Gasteiger partial charge in [-0.2, -0.15) is 13.2 Å². The fourth-order valence-electron chi connectivity index (χ4n) is 0.962. The topological polar surface area (TPSA) is 72.3 Å². The van der Waals surface area contributed by atoms with E-state index in [2.05, 4.69) is 9.40 Å². The first-order chi connectivity index (χ1) is 6.40. The maximum Gasteiger partial charge on any atom is 0.390 e. The Bertz CT molecular complexity index is 273. The van der Waals surface area contributed by atoms with Gasteiger partial charge >= 0.3 is 6.18 Å². The molecule has 1 rings (SSSR count). The van der Waals surface area contributed by atoms with Crippen molar-refractivity contribution in [2.45, 2.75) is 24.7 Å². The standard InChI is InChI=1S/C7H9F3N2O2/c8-7(9,10)1-4(11)6(13)5-2-12-3-14-5/h2-4,6,13H,1,11H2. The molecule has 1 aromatic heterocycles. The number of hydrogen-bond donors (Lipinski definition) is 2. The van der Waals surface area contributed by atoms with Crippen LogP contribution in [0.1, 0.15) is 18.3 Å². The molecule has 2 unspecified atom stereocenters. The third-order valence-electron chi connectivity index (χ3n) is 1.62.